The van der Waals surface area contributed by atoms with Crippen LogP contribution in [-0.4, -0.2) is 36.6 Å². The molecule has 0 aliphatic heterocycles. The van der Waals surface area contributed by atoms with E-state index in [1.54, 1.807) is 34.5 Å². The number of carbonyl (C=O) groups excluding carboxylic acids is 1. The minimum atomic E-state index is -0.598. The Bertz CT molecular complexity index is 1540. The van der Waals surface area contributed by atoms with E-state index in [9.17, 15) is 14.4 Å². The summed E-state index contributed by atoms with van der Waals surface area (Å²) in [6.45, 7) is -0.0991. The van der Waals surface area contributed by atoms with Crippen molar-refractivity contribution < 1.29 is 4.79 Å². The molecule has 0 amide bonds. The molecule has 5 rings (SSSR count). The average Bonchev–Trinajstić information content (AvgIpc) is 3.52. The molecule has 0 spiro atoms. The highest BCUT2D eigenvalue weighted by Crippen LogP contribution is 2.25. The number of aryl methyl sites for hydroxylation is 1. The summed E-state index contributed by atoms with van der Waals surface area (Å²) in [4.78, 5) is 44.3. The number of hydrogen-bond donors (Lipinski definition) is 2. The fourth-order valence-corrected chi connectivity index (χ4v) is 5.59. The molecule has 3 N–H and O–H groups in total. The first-order valence-electron chi connectivity index (χ1n) is 11.9. The second-order valence-corrected chi connectivity index (χ2v) is 10.3. The number of anilines is 1. The second kappa shape index (κ2) is 10.0. The quantitative estimate of drug-likeness (QED) is 0.357. The number of nitrogens with zero attached hydrogens (tertiary/aromatic N) is 4. The molecule has 1 aliphatic carbocycles. The van der Waals surface area contributed by atoms with Gasteiger partial charge >= 0.3 is 5.69 Å². The first kappa shape index (κ1) is 24.5. The van der Waals surface area contributed by atoms with Crippen LogP contribution in [0.5, 0.6) is 0 Å². The number of hydrogen-bond acceptors (Lipinski definition) is 7. The van der Waals surface area contributed by atoms with Gasteiger partial charge in [0.1, 0.15) is 0 Å². The molecule has 9 nitrogen and oxygen atoms in total. The largest absolute Gasteiger partial charge is 0.351 e. The maximum Gasteiger partial charge on any atom is 0.332 e. The fourth-order valence-electron chi connectivity index (χ4n) is 4.73. The molecule has 1 aliphatic rings. The fraction of sp³-hybridized carbons (Fsp3) is 0.360. The van der Waals surface area contributed by atoms with Crippen molar-refractivity contribution in [3.8, 4) is 0 Å². The van der Waals surface area contributed by atoms with E-state index in [-0.39, 0.29) is 42.1 Å². The van der Waals surface area contributed by atoms with Crippen molar-refractivity contribution in [3.63, 3.8) is 0 Å². The zero-order valence-electron chi connectivity index (χ0n) is 19.8. The number of fused-ring (bicyclic) bond motifs is 1. The molecular formula is C25H27ClN6O3S. The lowest BCUT2D eigenvalue weighted by molar-refractivity contribution is 0.0969. The number of aromatic nitrogens is 4. The van der Waals surface area contributed by atoms with Crippen LogP contribution in [0, 0.1) is 0 Å². The lowest BCUT2D eigenvalue weighted by Gasteiger charge is -2.29. The Balaban J connectivity index is 1.67. The number of benzene rings is 1. The zero-order chi connectivity index (χ0) is 25.4. The van der Waals surface area contributed by atoms with Crippen molar-refractivity contribution in [2.45, 2.75) is 50.9 Å². The van der Waals surface area contributed by atoms with Crippen molar-refractivity contribution in [2.24, 2.45) is 12.8 Å². The van der Waals surface area contributed by atoms with E-state index in [1.807, 2.05) is 18.2 Å². The molecule has 3 aromatic heterocycles. The van der Waals surface area contributed by atoms with Crippen molar-refractivity contribution in [2.75, 3.05) is 5.32 Å². The lowest BCUT2D eigenvalue weighted by atomic mass is 9.91. The van der Waals surface area contributed by atoms with Gasteiger partial charge in [-0.15, -0.1) is 0 Å². The van der Waals surface area contributed by atoms with E-state index < -0.39 is 11.2 Å². The van der Waals surface area contributed by atoms with Gasteiger partial charge in [0.05, 0.1) is 13.1 Å². The molecule has 2 atom stereocenters. The van der Waals surface area contributed by atoms with Crippen LogP contribution in [-0.2, 0) is 20.1 Å². The summed E-state index contributed by atoms with van der Waals surface area (Å²) < 4.78 is 4.03. The maximum absolute atomic E-state index is 13.7. The van der Waals surface area contributed by atoms with Gasteiger partial charge in [-0.3, -0.25) is 23.3 Å². The predicted octanol–water partition coefficient (Wildman–Crippen LogP) is 3.22. The predicted molar refractivity (Wildman–Crippen MR) is 142 cm³/mol. The van der Waals surface area contributed by atoms with Crippen LogP contribution in [0.2, 0.25) is 5.02 Å². The third kappa shape index (κ3) is 4.52. The maximum atomic E-state index is 13.7. The minimum absolute atomic E-state index is 0.0139. The van der Waals surface area contributed by atoms with E-state index in [0.29, 0.717) is 16.5 Å². The Morgan fingerprint density at radius 1 is 1.19 bits per heavy atom. The zero-order valence-corrected chi connectivity index (χ0v) is 21.4. The van der Waals surface area contributed by atoms with Gasteiger partial charge in [0.2, 0.25) is 5.95 Å². The molecule has 1 fully saturated rings. The van der Waals surface area contributed by atoms with Gasteiger partial charge in [-0.1, -0.05) is 42.6 Å². The van der Waals surface area contributed by atoms with Crippen molar-refractivity contribution >= 4 is 45.8 Å². The summed E-state index contributed by atoms with van der Waals surface area (Å²) in [6.07, 6.45) is 3.91. The Kier molecular flexibility index (Phi) is 6.83. The van der Waals surface area contributed by atoms with Crippen molar-refractivity contribution in [1.29, 1.82) is 0 Å². The molecule has 1 aromatic carbocycles. The van der Waals surface area contributed by atoms with Crippen LogP contribution in [0.3, 0.4) is 0 Å². The van der Waals surface area contributed by atoms with Gasteiger partial charge in [-0.05, 0) is 35.9 Å². The summed E-state index contributed by atoms with van der Waals surface area (Å²) in [7, 11) is 1.55. The summed E-state index contributed by atoms with van der Waals surface area (Å²) in [5.74, 6) is 0.139. The van der Waals surface area contributed by atoms with Gasteiger partial charge in [-0.2, -0.15) is 16.3 Å². The first-order chi connectivity index (χ1) is 17.3. The van der Waals surface area contributed by atoms with Crippen LogP contribution in [0.15, 0.2) is 50.7 Å². The van der Waals surface area contributed by atoms with Gasteiger partial charge < -0.3 is 11.1 Å². The topological polar surface area (TPSA) is 117 Å². The van der Waals surface area contributed by atoms with Crippen LogP contribution in [0.25, 0.3) is 11.2 Å². The number of halogens is 1. The van der Waals surface area contributed by atoms with E-state index in [4.69, 9.17) is 17.3 Å². The number of Topliss-reactive ketones (excluding diaryl/α,β-unsaturated/α-hetero) is 1. The van der Waals surface area contributed by atoms with Crippen LogP contribution in [0.1, 0.15) is 41.6 Å². The number of imidazole rings is 1. The van der Waals surface area contributed by atoms with Crippen molar-refractivity contribution in [1.82, 2.24) is 18.7 Å². The molecule has 4 aromatic rings. The van der Waals surface area contributed by atoms with Gasteiger partial charge in [0.15, 0.2) is 16.9 Å². The number of carbonyl (C=O) groups is 1. The Morgan fingerprint density at radius 2 is 1.97 bits per heavy atom. The molecule has 3 heterocycles. The highest BCUT2D eigenvalue weighted by atomic mass is 35.5. The van der Waals surface area contributed by atoms with Gasteiger partial charge in [0.25, 0.3) is 5.56 Å². The normalized spacial score (nSPS) is 18.0. The highest BCUT2D eigenvalue weighted by molar-refractivity contribution is 7.08. The van der Waals surface area contributed by atoms with Crippen molar-refractivity contribution in [3.05, 3.63) is 78.1 Å². The molecule has 0 radical (unpaired) electrons. The SMILES string of the molecule is Cn1c(=O)n(CC(=O)c2ccsc2)c(=O)c2c1nc(NC1CCCCC1N)n2Cc1ccccc1Cl. The molecule has 36 heavy (non-hydrogen) atoms. The monoisotopic (exact) mass is 526 g/mol. The third-order valence-electron chi connectivity index (χ3n) is 6.80. The molecule has 11 heteroatoms. The Morgan fingerprint density at radius 3 is 2.69 bits per heavy atom. The number of thiophene rings is 1. The summed E-state index contributed by atoms with van der Waals surface area (Å²) in [5.41, 5.74) is 6.93. The van der Waals surface area contributed by atoms with Crippen LogP contribution >= 0.6 is 22.9 Å². The molecule has 188 valence electrons. The first-order valence-corrected chi connectivity index (χ1v) is 13.2. The number of ketones is 1. The minimum Gasteiger partial charge on any atom is -0.351 e. The Hall–Kier alpha value is -3.21. The molecular weight excluding hydrogens is 500 g/mol. The van der Waals surface area contributed by atoms with Crippen LogP contribution < -0.4 is 22.3 Å². The molecule has 2 unspecified atom stereocenters. The van der Waals surface area contributed by atoms with Gasteiger partial charge in [0, 0.05) is 35.1 Å². The summed E-state index contributed by atoms with van der Waals surface area (Å²) in [6, 6.07) is 9.00. The average molecular weight is 527 g/mol. The highest BCUT2D eigenvalue weighted by Gasteiger charge is 2.27. The third-order valence-corrected chi connectivity index (χ3v) is 7.85. The van der Waals surface area contributed by atoms with Crippen LogP contribution in [0.4, 0.5) is 5.95 Å². The lowest BCUT2D eigenvalue weighted by Crippen LogP contribution is -2.43. The van der Waals surface area contributed by atoms with Gasteiger partial charge in [-0.25, -0.2) is 4.79 Å². The summed E-state index contributed by atoms with van der Waals surface area (Å²) in [5, 5.41) is 7.48. The number of nitrogens with two attached hydrogens (primary N) is 1. The van der Waals surface area contributed by atoms with E-state index >= 15 is 0 Å². The summed E-state index contributed by atoms with van der Waals surface area (Å²) >= 11 is 7.84. The standard InChI is InChI=1S/C25H27ClN6O3S/c1-30-22-21(23(34)32(25(30)35)13-20(33)16-10-11-36-14-16)31(12-15-6-2-3-7-17(15)26)24(29-22)28-19-9-5-4-8-18(19)27/h2-3,6-7,10-11,14,18-19H,4-5,8-9,12-13,27H2,1H3,(H,28,29). The van der Waals surface area contributed by atoms with E-state index in [1.165, 1.54) is 15.9 Å². The second-order valence-electron chi connectivity index (χ2n) is 9.15. The molecule has 0 saturated heterocycles. The number of nitrogens with one attached hydrogen (secondary N) is 1. The Labute approximate surface area is 216 Å². The smallest absolute Gasteiger partial charge is 0.332 e. The van der Waals surface area contributed by atoms with E-state index in [0.717, 1.165) is 35.8 Å². The molecule has 0 bridgehead atoms. The number of rotatable bonds is 7. The van der Waals surface area contributed by atoms with E-state index in [2.05, 4.69) is 10.3 Å². The molecule has 1 saturated carbocycles.